The molecule has 0 aromatic heterocycles. The molecule has 65 heavy (non-hydrogen) atoms. The molecule has 2 aliphatic heterocycles. The average Bonchev–Trinajstić information content (AvgIpc) is 3.30. The molecule has 12 atom stereocenters. The minimum Gasteiger partial charge on any atom is -0.394 e. The Balaban J connectivity index is 1.83. The van der Waals surface area contributed by atoms with Crippen LogP contribution in [0.1, 0.15) is 187 Å². The van der Waals surface area contributed by atoms with E-state index < -0.39 is 86.8 Å². The van der Waals surface area contributed by atoms with Gasteiger partial charge in [-0.3, -0.25) is 4.79 Å². The predicted octanol–water partition coefficient (Wildman–Crippen LogP) is 6.71. The molecule has 9 N–H and O–H groups in total. The fourth-order valence-electron chi connectivity index (χ4n) is 8.32. The second-order valence-corrected chi connectivity index (χ2v) is 18.3. The molecule has 0 spiro atoms. The minimum atomic E-state index is -1.79. The van der Waals surface area contributed by atoms with Crippen LogP contribution in [0.2, 0.25) is 0 Å². The molecule has 14 heteroatoms. The van der Waals surface area contributed by atoms with Crippen molar-refractivity contribution in [2.75, 3.05) is 19.8 Å². The molecule has 0 aromatic rings. The molecular formula is C51H93NO13. The molecule has 2 aliphatic rings. The summed E-state index contributed by atoms with van der Waals surface area (Å²) in [6.07, 6.45) is 26.1. The van der Waals surface area contributed by atoms with Crippen LogP contribution < -0.4 is 5.32 Å². The number of carbonyl (C=O) groups excluding carboxylic acids is 1. The quantitative estimate of drug-likeness (QED) is 0.0231. The number of rotatable bonds is 39. The van der Waals surface area contributed by atoms with E-state index in [9.17, 15) is 45.6 Å². The fraction of sp³-hybridized carbons (Fsp3) is 0.863. The lowest BCUT2D eigenvalue weighted by molar-refractivity contribution is -0.359. The molecular weight excluding hydrogens is 835 g/mol. The maximum absolute atomic E-state index is 13.2. The van der Waals surface area contributed by atoms with Crippen molar-refractivity contribution in [3.63, 3.8) is 0 Å². The van der Waals surface area contributed by atoms with E-state index in [1.807, 2.05) is 6.08 Å². The summed E-state index contributed by atoms with van der Waals surface area (Å²) in [6, 6.07) is -0.914. The van der Waals surface area contributed by atoms with Crippen LogP contribution in [0.3, 0.4) is 0 Å². The van der Waals surface area contributed by atoms with Crippen LogP contribution in [0, 0.1) is 0 Å². The summed E-state index contributed by atoms with van der Waals surface area (Å²) >= 11 is 0. The number of ether oxygens (including phenoxy) is 4. The zero-order chi connectivity index (χ0) is 47.5. The molecule has 1 amide bonds. The zero-order valence-electron chi connectivity index (χ0n) is 40.2. The van der Waals surface area contributed by atoms with Crippen LogP contribution in [0.5, 0.6) is 0 Å². The monoisotopic (exact) mass is 928 g/mol. The van der Waals surface area contributed by atoms with E-state index in [0.29, 0.717) is 6.42 Å². The van der Waals surface area contributed by atoms with Gasteiger partial charge in [0, 0.05) is 6.42 Å². The minimum absolute atomic E-state index is 0.246. The summed E-state index contributed by atoms with van der Waals surface area (Å²) in [6.45, 7) is 2.74. The smallest absolute Gasteiger partial charge is 0.220 e. The Hall–Kier alpha value is -1.79. The van der Waals surface area contributed by atoms with Gasteiger partial charge in [-0.2, -0.15) is 0 Å². The van der Waals surface area contributed by atoms with E-state index >= 15 is 0 Å². The van der Waals surface area contributed by atoms with Crippen molar-refractivity contribution in [1.82, 2.24) is 5.32 Å². The number of allylic oxidation sites excluding steroid dienone is 5. The molecule has 12 unspecified atom stereocenters. The third-order valence-corrected chi connectivity index (χ3v) is 12.6. The standard InChI is InChI=1S/C51H93NO13/c1-3-5-7-9-11-13-15-17-18-19-20-21-22-23-25-27-29-31-33-35-43(56)52-39(40(55)34-32-30-28-26-24-16-14-12-10-8-6-4-2)38-62-50-48(61)46(59)49(42(37-54)64-50)65-51-47(60)45(58)44(57)41(36-53)63-51/h11,13,17-18,32,34,39-42,44-51,53-55,57-61H,3-10,12,14-16,19-31,33,35-38H2,1-2H3,(H,52,56)/b13-11-,18-17-,34-32+. The normalized spacial score (nSPS) is 27.3. The lowest BCUT2D eigenvalue weighted by Gasteiger charge is -2.46. The number of carbonyl (C=O) groups is 1. The van der Waals surface area contributed by atoms with E-state index in [-0.39, 0.29) is 18.9 Å². The number of hydrogen-bond acceptors (Lipinski definition) is 13. The molecule has 0 bridgehead atoms. The number of nitrogens with one attached hydrogen (secondary N) is 1. The summed E-state index contributed by atoms with van der Waals surface area (Å²) in [7, 11) is 0. The van der Waals surface area contributed by atoms with Crippen LogP contribution in [0.4, 0.5) is 0 Å². The van der Waals surface area contributed by atoms with Gasteiger partial charge in [0.15, 0.2) is 12.6 Å². The van der Waals surface area contributed by atoms with E-state index in [0.717, 1.165) is 51.4 Å². The Labute approximate surface area is 391 Å². The maximum Gasteiger partial charge on any atom is 0.220 e. The molecule has 2 heterocycles. The highest BCUT2D eigenvalue weighted by Crippen LogP contribution is 2.30. The second-order valence-electron chi connectivity index (χ2n) is 18.3. The first-order valence-corrected chi connectivity index (χ1v) is 25.7. The Morgan fingerprint density at radius 3 is 1.57 bits per heavy atom. The van der Waals surface area contributed by atoms with Crippen molar-refractivity contribution in [2.24, 2.45) is 0 Å². The van der Waals surface area contributed by atoms with Crippen LogP contribution in [0.15, 0.2) is 36.5 Å². The number of amides is 1. The Morgan fingerprint density at radius 2 is 1.02 bits per heavy atom. The third kappa shape index (κ3) is 25.4. The topological polar surface area (TPSA) is 228 Å². The number of aliphatic hydroxyl groups excluding tert-OH is 8. The Bertz CT molecular complexity index is 1230. The summed E-state index contributed by atoms with van der Waals surface area (Å²) in [5.41, 5.74) is 0. The first kappa shape index (κ1) is 59.3. The summed E-state index contributed by atoms with van der Waals surface area (Å²) < 4.78 is 22.7. The van der Waals surface area contributed by atoms with E-state index in [2.05, 4.69) is 43.5 Å². The van der Waals surface area contributed by atoms with Gasteiger partial charge in [-0.1, -0.05) is 166 Å². The van der Waals surface area contributed by atoms with Crippen LogP contribution in [-0.4, -0.2) is 140 Å². The molecule has 0 aromatic carbocycles. The molecule has 380 valence electrons. The molecule has 0 aliphatic carbocycles. The van der Waals surface area contributed by atoms with Crippen molar-refractivity contribution in [1.29, 1.82) is 0 Å². The van der Waals surface area contributed by atoms with Gasteiger partial charge in [-0.05, 0) is 51.4 Å². The molecule has 14 nitrogen and oxygen atoms in total. The first-order chi connectivity index (χ1) is 31.6. The van der Waals surface area contributed by atoms with Gasteiger partial charge in [0.2, 0.25) is 5.91 Å². The third-order valence-electron chi connectivity index (χ3n) is 12.6. The van der Waals surface area contributed by atoms with Gasteiger partial charge in [-0.25, -0.2) is 0 Å². The highest BCUT2D eigenvalue weighted by molar-refractivity contribution is 5.76. The molecule has 0 radical (unpaired) electrons. The Kier molecular flexibility index (Phi) is 34.8. The maximum atomic E-state index is 13.2. The Morgan fingerprint density at radius 1 is 0.554 bits per heavy atom. The number of aliphatic hydroxyl groups is 8. The highest BCUT2D eigenvalue weighted by atomic mass is 16.7. The molecule has 0 saturated carbocycles. The van der Waals surface area contributed by atoms with E-state index in [1.165, 1.54) is 109 Å². The summed E-state index contributed by atoms with van der Waals surface area (Å²) in [5, 5.41) is 86.7. The lowest BCUT2D eigenvalue weighted by atomic mass is 9.97. The largest absolute Gasteiger partial charge is 0.394 e. The second kappa shape index (κ2) is 38.1. The van der Waals surface area contributed by atoms with E-state index in [4.69, 9.17) is 18.9 Å². The lowest BCUT2D eigenvalue weighted by Crippen LogP contribution is -2.65. The highest BCUT2D eigenvalue weighted by Gasteiger charge is 2.51. The van der Waals surface area contributed by atoms with Gasteiger partial charge < -0.3 is 65.1 Å². The van der Waals surface area contributed by atoms with E-state index in [1.54, 1.807) is 6.08 Å². The molecule has 2 saturated heterocycles. The predicted molar refractivity (Wildman–Crippen MR) is 254 cm³/mol. The summed E-state index contributed by atoms with van der Waals surface area (Å²) in [5.74, 6) is -0.246. The van der Waals surface area contributed by atoms with Crippen molar-refractivity contribution < 1.29 is 64.6 Å². The summed E-state index contributed by atoms with van der Waals surface area (Å²) in [4.78, 5) is 13.2. The van der Waals surface area contributed by atoms with Crippen LogP contribution in [-0.2, 0) is 23.7 Å². The molecule has 2 fully saturated rings. The van der Waals surface area contributed by atoms with Gasteiger partial charge in [-0.15, -0.1) is 0 Å². The van der Waals surface area contributed by atoms with Gasteiger partial charge in [0.05, 0.1) is 32.0 Å². The van der Waals surface area contributed by atoms with Gasteiger partial charge in [0.1, 0.15) is 48.8 Å². The van der Waals surface area contributed by atoms with Gasteiger partial charge >= 0.3 is 0 Å². The molecule has 2 rings (SSSR count). The van der Waals surface area contributed by atoms with Crippen LogP contribution in [0.25, 0.3) is 0 Å². The van der Waals surface area contributed by atoms with Crippen molar-refractivity contribution in [3.8, 4) is 0 Å². The zero-order valence-corrected chi connectivity index (χ0v) is 40.2. The SMILES string of the molecule is CCCCC/C=C\C/C=C\CCCCCCCCCCCC(=O)NC(COC1OC(CO)C(OC2OC(CO)C(O)C(O)C2O)C(O)C1O)C(O)/C=C/CCCCCCCCCCCC. The van der Waals surface area contributed by atoms with Crippen molar-refractivity contribution in [2.45, 2.75) is 261 Å². The van der Waals surface area contributed by atoms with Gasteiger partial charge in [0.25, 0.3) is 0 Å². The fourth-order valence-corrected chi connectivity index (χ4v) is 8.32. The first-order valence-electron chi connectivity index (χ1n) is 25.7. The van der Waals surface area contributed by atoms with Crippen molar-refractivity contribution in [3.05, 3.63) is 36.5 Å². The average molecular weight is 928 g/mol. The van der Waals surface area contributed by atoms with Crippen LogP contribution >= 0.6 is 0 Å². The van der Waals surface area contributed by atoms with Crippen molar-refractivity contribution >= 4 is 5.91 Å². The number of hydrogen-bond donors (Lipinski definition) is 9. The number of unbranched alkanes of at least 4 members (excludes halogenated alkanes) is 22.